The summed E-state index contributed by atoms with van der Waals surface area (Å²) in [6.07, 6.45) is 6.06. The largest absolute Gasteiger partial charge is 0.493 e. The highest BCUT2D eigenvalue weighted by Crippen LogP contribution is 2.41. The summed E-state index contributed by atoms with van der Waals surface area (Å²) in [4.78, 5) is 29.7. The van der Waals surface area contributed by atoms with Gasteiger partial charge in [-0.05, 0) is 56.3 Å². The fourth-order valence-corrected chi connectivity index (χ4v) is 4.85. The molecule has 0 aromatic heterocycles. The second-order valence-corrected chi connectivity index (χ2v) is 9.90. The Labute approximate surface area is 234 Å². The Morgan fingerprint density at radius 2 is 1.38 bits per heavy atom. The van der Waals surface area contributed by atoms with Gasteiger partial charge < -0.3 is 29.3 Å². The van der Waals surface area contributed by atoms with Crippen LogP contribution in [0.5, 0.6) is 17.2 Å². The summed E-state index contributed by atoms with van der Waals surface area (Å²) in [7, 11) is 10.3. The number of likely N-dealkylation sites (N-methyl/N-ethyl adjacent to an activating group) is 1. The predicted octanol–water partition coefficient (Wildman–Crippen LogP) is 4.79. The molecule has 0 spiro atoms. The minimum absolute atomic E-state index is 0.00204. The number of amides is 2. The number of hydrogen-bond acceptors (Lipinski definition) is 6. The SMILES string of the molecule is CCCCCCCN1C(=O)[C@H](Cc2ccc(-c3cc(OC)c(OC)c(OC)c3)cc2)N(C)C(=O)[C@@H]1C.CNC. The van der Waals surface area contributed by atoms with E-state index >= 15 is 0 Å². The zero-order valence-electron chi connectivity index (χ0n) is 25.0. The second kappa shape index (κ2) is 16.0. The molecular weight excluding hydrogens is 494 g/mol. The van der Waals surface area contributed by atoms with Gasteiger partial charge in [0.2, 0.25) is 17.6 Å². The molecule has 2 aromatic rings. The van der Waals surface area contributed by atoms with Crippen LogP contribution in [0.2, 0.25) is 0 Å². The van der Waals surface area contributed by atoms with Crippen molar-refractivity contribution >= 4 is 11.8 Å². The Hall–Kier alpha value is -3.26. The van der Waals surface area contributed by atoms with Crippen molar-refractivity contribution in [1.29, 1.82) is 0 Å². The third-order valence-corrected chi connectivity index (χ3v) is 7.09. The molecule has 0 radical (unpaired) electrons. The maximum absolute atomic E-state index is 13.4. The van der Waals surface area contributed by atoms with Crippen molar-refractivity contribution in [2.45, 2.75) is 64.5 Å². The van der Waals surface area contributed by atoms with Gasteiger partial charge in [-0.3, -0.25) is 9.59 Å². The molecule has 1 aliphatic rings. The summed E-state index contributed by atoms with van der Waals surface area (Å²) in [6, 6.07) is 11.0. The van der Waals surface area contributed by atoms with Gasteiger partial charge in [-0.1, -0.05) is 56.9 Å². The van der Waals surface area contributed by atoms with Gasteiger partial charge in [0.25, 0.3) is 0 Å². The van der Waals surface area contributed by atoms with Gasteiger partial charge in [-0.15, -0.1) is 0 Å². The Balaban J connectivity index is 0.00000170. The molecule has 39 heavy (non-hydrogen) atoms. The van der Waals surface area contributed by atoms with Crippen LogP contribution in [0.3, 0.4) is 0 Å². The van der Waals surface area contributed by atoms with Gasteiger partial charge in [0.05, 0.1) is 21.3 Å². The molecular formula is C31H47N3O5. The second-order valence-electron chi connectivity index (χ2n) is 9.90. The molecule has 0 bridgehead atoms. The lowest BCUT2D eigenvalue weighted by atomic mass is 9.96. The minimum atomic E-state index is -0.489. The molecule has 1 fully saturated rings. The van der Waals surface area contributed by atoms with Crippen molar-refractivity contribution in [2.75, 3.05) is 49.0 Å². The average molecular weight is 542 g/mol. The van der Waals surface area contributed by atoms with Gasteiger partial charge in [-0.2, -0.15) is 0 Å². The van der Waals surface area contributed by atoms with Gasteiger partial charge in [0.15, 0.2) is 11.5 Å². The average Bonchev–Trinajstić information content (AvgIpc) is 2.95. The van der Waals surface area contributed by atoms with Crippen molar-refractivity contribution in [1.82, 2.24) is 15.1 Å². The summed E-state index contributed by atoms with van der Waals surface area (Å²) < 4.78 is 16.4. The predicted molar refractivity (Wildman–Crippen MR) is 157 cm³/mol. The summed E-state index contributed by atoms with van der Waals surface area (Å²) in [6.45, 7) is 4.66. The third kappa shape index (κ3) is 8.12. The monoisotopic (exact) mass is 541 g/mol. The maximum Gasteiger partial charge on any atom is 0.246 e. The topological polar surface area (TPSA) is 80.3 Å². The summed E-state index contributed by atoms with van der Waals surface area (Å²) in [5.41, 5.74) is 2.92. The highest BCUT2D eigenvalue weighted by Gasteiger charge is 2.41. The van der Waals surface area contributed by atoms with E-state index in [1.165, 1.54) is 19.3 Å². The lowest BCUT2D eigenvalue weighted by Crippen LogP contribution is -2.63. The van der Waals surface area contributed by atoms with Crippen LogP contribution in [0, 0.1) is 0 Å². The number of carbonyl (C=O) groups excluding carboxylic acids is 2. The number of benzene rings is 2. The highest BCUT2D eigenvalue weighted by atomic mass is 16.5. The zero-order valence-corrected chi connectivity index (χ0v) is 25.0. The Morgan fingerprint density at radius 3 is 1.90 bits per heavy atom. The van der Waals surface area contributed by atoms with Crippen molar-refractivity contribution in [3.05, 3.63) is 42.0 Å². The Kier molecular flexibility index (Phi) is 13.1. The van der Waals surface area contributed by atoms with E-state index in [1.807, 2.05) is 57.4 Å². The first-order valence-electron chi connectivity index (χ1n) is 13.8. The minimum Gasteiger partial charge on any atom is -0.493 e. The highest BCUT2D eigenvalue weighted by molar-refractivity contribution is 5.96. The normalized spacial score (nSPS) is 17.0. The summed E-state index contributed by atoms with van der Waals surface area (Å²) in [5.74, 6) is 1.77. The molecule has 2 atom stereocenters. The summed E-state index contributed by atoms with van der Waals surface area (Å²) >= 11 is 0. The van der Waals surface area contributed by atoms with E-state index in [1.54, 1.807) is 38.2 Å². The standard InChI is InChI=1S/C29H40N2O5.C2H7N/c1-7-8-9-10-11-16-31-20(2)28(32)30(3)24(29(31)33)17-21-12-14-22(15-13-21)23-18-25(34-4)27(36-6)26(19-23)35-5;1-3-2/h12-15,18-20,24H,7-11,16-17H2,1-6H3;3H,1-2H3/t20-,24-;/m0./s1. The summed E-state index contributed by atoms with van der Waals surface area (Å²) in [5, 5.41) is 2.75. The van der Waals surface area contributed by atoms with E-state index in [-0.39, 0.29) is 11.8 Å². The third-order valence-electron chi connectivity index (χ3n) is 7.09. The van der Waals surface area contributed by atoms with Crippen molar-refractivity contribution < 1.29 is 23.8 Å². The Bertz CT molecular complexity index is 1030. The molecule has 216 valence electrons. The number of methoxy groups -OCH3 is 3. The number of hydrogen-bond donors (Lipinski definition) is 1. The van der Waals surface area contributed by atoms with Crippen LogP contribution < -0.4 is 19.5 Å². The first-order chi connectivity index (χ1) is 18.8. The van der Waals surface area contributed by atoms with Crippen LogP contribution in [-0.4, -0.2) is 82.7 Å². The van der Waals surface area contributed by atoms with Crippen molar-refractivity contribution in [3.63, 3.8) is 0 Å². The molecule has 2 amide bonds. The fraction of sp³-hybridized carbons (Fsp3) is 0.548. The van der Waals surface area contributed by atoms with Crippen LogP contribution in [-0.2, 0) is 16.0 Å². The molecule has 3 rings (SSSR count). The molecule has 0 unspecified atom stereocenters. The molecule has 8 nitrogen and oxygen atoms in total. The van der Waals surface area contributed by atoms with Crippen LogP contribution >= 0.6 is 0 Å². The number of ether oxygens (including phenoxy) is 3. The van der Waals surface area contributed by atoms with E-state index in [0.717, 1.165) is 29.5 Å². The number of nitrogens with one attached hydrogen (secondary N) is 1. The first-order valence-corrected chi connectivity index (χ1v) is 13.8. The van der Waals surface area contributed by atoms with E-state index in [9.17, 15) is 9.59 Å². The molecule has 1 N–H and O–H groups in total. The molecule has 1 heterocycles. The van der Waals surface area contributed by atoms with Gasteiger partial charge in [0, 0.05) is 20.0 Å². The van der Waals surface area contributed by atoms with E-state index in [0.29, 0.717) is 30.2 Å². The quantitative estimate of drug-likeness (QED) is 0.390. The van der Waals surface area contributed by atoms with Crippen LogP contribution in [0.25, 0.3) is 11.1 Å². The number of piperazine rings is 1. The number of nitrogens with zero attached hydrogens (tertiary/aromatic N) is 2. The van der Waals surface area contributed by atoms with E-state index in [4.69, 9.17) is 14.2 Å². The lowest BCUT2D eigenvalue weighted by Gasteiger charge is -2.42. The zero-order chi connectivity index (χ0) is 28.9. The van der Waals surface area contributed by atoms with Crippen molar-refractivity contribution in [2.24, 2.45) is 0 Å². The molecule has 1 saturated heterocycles. The van der Waals surface area contributed by atoms with Gasteiger partial charge in [0.1, 0.15) is 12.1 Å². The molecule has 8 heteroatoms. The van der Waals surface area contributed by atoms with E-state index < -0.39 is 12.1 Å². The lowest BCUT2D eigenvalue weighted by molar-refractivity contribution is -0.159. The van der Waals surface area contributed by atoms with Crippen LogP contribution in [0.15, 0.2) is 36.4 Å². The maximum atomic E-state index is 13.4. The Morgan fingerprint density at radius 1 is 0.821 bits per heavy atom. The van der Waals surface area contributed by atoms with Crippen LogP contribution in [0.1, 0.15) is 51.5 Å². The molecule has 1 aliphatic heterocycles. The van der Waals surface area contributed by atoms with Crippen LogP contribution in [0.4, 0.5) is 0 Å². The first kappa shape index (κ1) is 32.0. The smallest absolute Gasteiger partial charge is 0.246 e. The van der Waals surface area contributed by atoms with Gasteiger partial charge in [-0.25, -0.2) is 0 Å². The fourth-order valence-electron chi connectivity index (χ4n) is 4.85. The number of unbranched alkanes of at least 4 members (excludes halogenated alkanes) is 4. The van der Waals surface area contributed by atoms with Crippen molar-refractivity contribution in [3.8, 4) is 28.4 Å². The molecule has 0 aliphatic carbocycles. The molecule has 2 aromatic carbocycles. The number of rotatable bonds is 12. The van der Waals surface area contributed by atoms with Gasteiger partial charge >= 0.3 is 0 Å². The molecule has 0 saturated carbocycles. The number of carbonyl (C=O) groups is 2. The van der Waals surface area contributed by atoms with E-state index in [2.05, 4.69) is 12.2 Å².